The molecule has 1 saturated heterocycles. The molecule has 0 aromatic carbocycles. The first-order valence-corrected chi connectivity index (χ1v) is 8.42. The number of hydrogen-bond donors (Lipinski definition) is 2. The van der Waals surface area contributed by atoms with Crippen LogP contribution in [0, 0.1) is 0 Å². The first kappa shape index (κ1) is 16.5. The van der Waals surface area contributed by atoms with Gasteiger partial charge in [-0.05, 0) is 25.5 Å². The predicted molar refractivity (Wildman–Crippen MR) is 86.3 cm³/mol. The second-order valence-electron chi connectivity index (χ2n) is 5.09. The molecular weight excluding hydrogens is 310 g/mol. The number of rotatable bonds is 6. The van der Waals surface area contributed by atoms with Crippen LogP contribution in [0.5, 0.6) is 0 Å². The molecule has 2 N–H and O–H groups in total. The molecule has 7 heteroatoms. The average Bonchev–Trinajstić information content (AvgIpc) is 2.91. The summed E-state index contributed by atoms with van der Waals surface area (Å²) < 4.78 is 6.11. The summed E-state index contributed by atoms with van der Waals surface area (Å²) in [5.41, 5.74) is 0. The van der Waals surface area contributed by atoms with Gasteiger partial charge in [0, 0.05) is 37.1 Å². The number of nitrogens with zero attached hydrogens (tertiary/aromatic N) is 1. The van der Waals surface area contributed by atoms with E-state index in [-0.39, 0.29) is 6.03 Å². The summed E-state index contributed by atoms with van der Waals surface area (Å²) in [5, 5.41) is 5.79. The molecule has 1 aromatic rings. The largest absolute Gasteiger partial charge is 0.379 e. The molecule has 0 spiro atoms. The van der Waals surface area contributed by atoms with Gasteiger partial charge in [-0.1, -0.05) is 11.6 Å². The summed E-state index contributed by atoms with van der Waals surface area (Å²) in [6, 6.07) is 4.09. The average molecular weight is 332 g/mol. The zero-order valence-electron chi connectivity index (χ0n) is 12.2. The van der Waals surface area contributed by atoms with E-state index in [1.54, 1.807) is 11.3 Å². The number of amides is 2. The Hall–Kier alpha value is -0.820. The van der Waals surface area contributed by atoms with Crippen molar-refractivity contribution in [3.05, 3.63) is 21.3 Å². The van der Waals surface area contributed by atoms with Gasteiger partial charge in [0.1, 0.15) is 0 Å². The molecule has 1 aliphatic heterocycles. The van der Waals surface area contributed by atoms with E-state index in [1.807, 2.05) is 12.1 Å². The van der Waals surface area contributed by atoms with Gasteiger partial charge in [0.05, 0.1) is 17.6 Å². The molecule has 1 fully saturated rings. The van der Waals surface area contributed by atoms with Crippen LogP contribution in [0.4, 0.5) is 4.79 Å². The molecule has 0 aliphatic carbocycles. The van der Waals surface area contributed by atoms with Crippen LogP contribution in [0.15, 0.2) is 12.1 Å². The third-order valence-corrected chi connectivity index (χ3v) is 4.80. The predicted octanol–water partition coefficient (Wildman–Crippen LogP) is 1.96. The Morgan fingerprint density at radius 2 is 2.19 bits per heavy atom. The fourth-order valence-corrected chi connectivity index (χ4v) is 3.32. The SMILES string of the molecule is C[C@@H](CNC(=O)NCCc1ccc(Cl)s1)N1CCOCC1. The highest BCUT2D eigenvalue weighted by Crippen LogP contribution is 2.21. The Morgan fingerprint density at radius 1 is 1.43 bits per heavy atom. The van der Waals surface area contributed by atoms with Crippen LogP contribution in [-0.2, 0) is 11.2 Å². The number of urea groups is 1. The van der Waals surface area contributed by atoms with Crippen molar-refractivity contribution >= 4 is 29.0 Å². The van der Waals surface area contributed by atoms with Crippen molar-refractivity contribution in [3.63, 3.8) is 0 Å². The lowest BCUT2D eigenvalue weighted by atomic mass is 10.2. The Bertz CT molecular complexity index is 449. The Morgan fingerprint density at radius 3 is 2.86 bits per heavy atom. The van der Waals surface area contributed by atoms with Gasteiger partial charge in [-0.15, -0.1) is 11.3 Å². The second-order valence-corrected chi connectivity index (χ2v) is 6.89. The maximum atomic E-state index is 11.7. The molecule has 118 valence electrons. The molecule has 0 radical (unpaired) electrons. The quantitative estimate of drug-likeness (QED) is 0.838. The lowest BCUT2D eigenvalue weighted by Crippen LogP contribution is -2.49. The summed E-state index contributed by atoms with van der Waals surface area (Å²) in [7, 11) is 0. The molecule has 0 unspecified atom stereocenters. The highest BCUT2D eigenvalue weighted by molar-refractivity contribution is 7.16. The normalized spacial score (nSPS) is 17.4. The summed E-state index contributed by atoms with van der Waals surface area (Å²) in [5.74, 6) is 0. The fourth-order valence-electron chi connectivity index (χ4n) is 2.24. The molecule has 21 heavy (non-hydrogen) atoms. The van der Waals surface area contributed by atoms with Gasteiger partial charge in [0.15, 0.2) is 0 Å². The third-order valence-electron chi connectivity index (χ3n) is 3.51. The molecule has 5 nitrogen and oxygen atoms in total. The minimum absolute atomic E-state index is 0.113. The minimum Gasteiger partial charge on any atom is -0.379 e. The monoisotopic (exact) mass is 331 g/mol. The lowest BCUT2D eigenvalue weighted by Gasteiger charge is -2.32. The molecule has 1 aromatic heterocycles. The number of hydrogen-bond acceptors (Lipinski definition) is 4. The van der Waals surface area contributed by atoms with E-state index in [9.17, 15) is 4.79 Å². The van der Waals surface area contributed by atoms with Crippen molar-refractivity contribution in [2.24, 2.45) is 0 Å². The Labute approximate surface area is 134 Å². The number of ether oxygens (including phenoxy) is 1. The zero-order chi connectivity index (χ0) is 15.1. The topological polar surface area (TPSA) is 53.6 Å². The van der Waals surface area contributed by atoms with Gasteiger partial charge in [0.25, 0.3) is 0 Å². The van der Waals surface area contributed by atoms with Crippen LogP contribution in [0.1, 0.15) is 11.8 Å². The molecule has 0 saturated carbocycles. The minimum atomic E-state index is -0.113. The number of carbonyl (C=O) groups excluding carboxylic acids is 1. The van der Waals surface area contributed by atoms with Crippen LogP contribution in [0.2, 0.25) is 4.34 Å². The van der Waals surface area contributed by atoms with Gasteiger partial charge < -0.3 is 15.4 Å². The van der Waals surface area contributed by atoms with Crippen LogP contribution >= 0.6 is 22.9 Å². The van der Waals surface area contributed by atoms with Crippen molar-refractivity contribution < 1.29 is 9.53 Å². The molecule has 2 amide bonds. The summed E-state index contributed by atoms with van der Waals surface area (Å²) >= 11 is 7.42. The van der Waals surface area contributed by atoms with Gasteiger partial charge in [0.2, 0.25) is 0 Å². The molecule has 1 atom stereocenters. The molecule has 0 bridgehead atoms. The van der Waals surface area contributed by atoms with Gasteiger partial charge >= 0.3 is 6.03 Å². The first-order valence-electron chi connectivity index (χ1n) is 7.23. The summed E-state index contributed by atoms with van der Waals surface area (Å²) in [4.78, 5) is 15.3. The number of morpholine rings is 1. The highest BCUT2D eigenvalue weighted by Gasteiger charge is 2.17. The van der Waals surface area contributed by atoms with E-state index >= 15 is 0 Å². The number of nitrogens with one attached hydrogen (secondary N) is 2. The maximum Gasteiger partial charge on any atom is 0.314 e. The standard InChI is InChI=1S/C14H22ClN3O2S/c1-11(18-6-8-20-9-7-18)10-17-14(19)16-5-4-12-2-3-13(15)21-12/h2-3,11H,4-10H2,1H3,(H2,16,17,19)/t11-/m0/s1. The molecular formula is C14H22ClN3O2S. The van der Waals surface area contributed by atoms with E-state index in [2.05, 4.69) is 22.5 Å². The lowest BCUT2D eigenvalue weighted by molar-refractivity contribution is 0.0209. The van der Waals surface area contributed by atoms with Crippen molar-refractivity contribution in [1.29, 1.82) is 0 Å². The summed E-state index contributed by atoms with van der Waals surface area (Å²) in [6.07, 6.45) is 0.809. The van der Waals surface area contributed by atoms with Crippen molar-refractivity contribution in [1.82, 2.24) is 15.5 Å². The van der Waals surface area contributed by atoms with Crippen LogP contribution < -0.4 is 10.6 Å². The van der Waals surface area contributed by atoms with Gasteiger partial charge in [-0.25, -0.2) is 4.79 Å². The third kappa shape index (κ3) is 5.82. The van der Waals surface area contributed by atoms with Crippen LogP contribution in [0.3, 0.4) is 0 Å². The molecule has 2 rings (SSSR count). The molecule has 2 heterocycles. The van der Waals surface area contributed by atoms with E-state index in [1.165, 1.54) is 4.88 Å². The van der Waals surface area contributed by atoms with E-state index in [0.717, 1.165) is 37.1 Å². The zero-order valence-corrected chi connectivity index (χ0v) is 13.8. The maximum absolute atomic E-state index is 11.7. The van der Waals surface area contributed by atoms with Crippen LogP contribution in [0.25, 0.3) is 0 Å². The number of thiophene rings is 1. The van der Waals surface area contributed by atoms with Gasteiger partial charge in [-0.2, -0.15) is 0 Å². The van der Waals surface area contributed by atoms with E-state index in [4.69, 9.17) is 16.3 Å². The van der Waals surface area contributed by atoms with Crippen molar-refractivity contribution in [3.8, 4) is 0 Å². The van der Waals surface area contributed by atoms with E-state index in [0.29, 0.717) is 19.1 Å². The summed E-state index contributed by atoms with van der Waals surface area (Å²) in [6.45, 7) is 6.82. The second kappa shape index (κ2) is 8.58. The number of halogens is 1. The Kier molecular flexibility index (Phi) is 6.76. The smallest absolute Gasteiger partial charge is 0.314 e. The first-order chi connectivity index (χ1) is 10.1. The van der Waals surface area contributed by atoms with Crippen LogP contribution in [-0.4, -0.2) is 56.4 Å². The Balaban J connectivity index is 1.58. The van der Waals surface area contributed by atoms with Crippen molar-refractivity contribution in [2.45, 2.75) is 19.4 Å². The highest BCUT2D eigenvalue weighted by atomic mass is 35.5. The number of carbonyl (C=O) groups is 1. The fraction of sp³-hybridized carbons (Fsp3) is 0.643. The molecule has 1 aliphatic rings. The van der Waals surface area contributed by atoms with Crippen molar-refractivity contribution in [2.75, 3.05) is 39.4 Å². The van der Waals surface area contributed by atoms with E-state index < -0.39 is 0 Å². The van der Waals surface area contributed by atoms with Gasteiger partial charge in [-0.3, -0.25) is 4.90 Å².